The van der Waals surface area contributed by atoms with Gasteiger partial charge in [-0.25, -0.2) is 0 Å². The summed E-state index contributed by atoms with van der Waals surface area (Å²) in [7, 11) is 1.74. The van der Waals surface area contributed by atoms with Crippen LogP contribution in [0, 0.1) is 0 Å². The largest absolute Gasteiger partial charge is 0.481 e. The van der Waals surface area contributed by atoms with E-state index in [-0.39, 0.29) is 24.9 Å². The highest BCUT2D eigenvalue weighted by Gasteiger charge is 2.17. The fourth-order valence-electron chi connectivity index (χ4n) is 1.97. The molecule has 0 radical (unpaired) electrons. The topological polar surface area (TPSA) is 74.0 Å². The van der Waals surface area contributed by atoms with Crippen LogP contribution in [-0.4, -0.2) is 53.0 Å². The fraction of sp³-hybridized carbons (Fsp3) is 0.600. The third kappa shape index (κ3) is 6.44. The van der Waals surface area contributed by atoms with Gasteiger partial charge in [-0.05, 0) is 38.9 Å². The molecular weight excluding hydrogens is 272 g/mol. The normalized spacial score (nSPS) is 11.1. The lowest BCUT2D eigenvalue weighted by molar-refractivity contribution is -0.137. The minimum atomic E-state index is -0.806. The van der Waals surface area contributed by atoms with Crippen LogP contribution in [0.5, 0.6) is 0 Å². The van der Waals surface area contributed by atoms with Gasteiger partial charge in [0.2, 0.25) is 5.91 Å². The quantitative estimate of drug-likeness (QED) is 0.752. The summed E-state index contributed by atoms with van der Waals surface area (Å²) in [6.45, 7) is 5.33. The molecule has 6 nitrogen and oxygen atoms in total. The number of amides is 1. The second-order valence-electron chi connectivity index (χ2n) is 5.39. The molecule has 0 aliphatic carbocycles. The molecule has 6 heteroatoms. The van der Waals surface area contributed by atoms with E-state index in [1.54, 1.807) is 24.3 Å². The van der Waals surface area contributed by atoms with Crippen LogP contribution in [0.3, 0.4) is 0 Å². The Morgan fingerprint density at radius 3 is 2.62 bits per heavy atom. The Bertz CT molecular complexity index is 443. The molecule has 1 amide bonds. The Morgan fingerprint density at radius 1 is 1.38 bits per heavy atom. The number of carbonyl (C=O) groups is 2. The summed E-state index contributed by atoms with van der Waals surface area (Å²) in [4.78, 5) is 26.4. The zero-order valence-electron chi connectivity index (χ0n) is 12.9. The number of carbonyl (C=O) groups excluding carboxylic acids is 1. The molecular formula is C15H24N2O4. The fourth-order valence-corrected chi connectivity index (χ4v) is 1.97. The summed E-state index contributed by atoms with van der Waals surface area (Å²) < 4.78 is 5.23. The van der Waals surface area contributed by atoms with E-state index in [9.17, 15) is 9.59 Å². The molecule has 21 heavy (non-hydrogen) atoms. The minimum absolute atomic E-state index is 0.00424. The van der Waals surface area contributed by atoms with Gasteiger partial charge in [0.1, 0.15) is 5.76 Å². The van der Waals surface area contributed by atoms with Crippen molar-refractivity contribution in [3.63, 3.8) is 0 Å². The number of hydrogen-bond donors (Lipinski definition) is 1. The standard InChI is InChI=1S/C15H24N2O4/c1-12(2)17(8-4-7-15(19)20)11-14(18)16(3)10-13-6-5-9-21-13/h5-6,9,12H,4,7-8,10-11H2,1-3H3,(H,19,20). The van der Waals surface area contributed by atoms with Crippen molar-refractivity contribution < 1.29 is 19.1 Å². The van der Waals surface area contributed by atoms with Crippen LogP contribution >= 0.6 is 0 Å². The van der Waals surface area contributed by atoms with Gasteiger partial charge < -0.3 is 14.4 Å². The van der Waals surface area contributed by atoms with Crippen LogP contribution in [0.15, 0.2) is 22.8 Å². The predicted octanol–water partition coefficient (Wildman–Crippen LogP) is 1.81. The molecule has 0 aromatic carbocycles. The molecule has 1 aromatic heterocycles. The van der Waals surface area contributed by atoms with Gasteiger partial charge in [-0.3, -0.25) is 14.5 Å². The van der Waals surface area contributed by atoms with Crippen LogP contribution in [-0.2, 0) is 16.1 Å². The SMILES string of the molecule is CC(C)N(CCCC(=O)O)CC(=O)N(C)Cc1ccco1. The Labute approximate surface area is 125 Å². The van der Waals surface area contributed by atoms with E-state index in [0.29, 0.717) is 19.5 Å². The van der Waals surface area contributed by atoms with Gasteiger partial charge in [0.05, 0.1) is 19.4 Å². The second kappa shape index (κ2) is 8.46. The Balaban J connectivity index is 2.45. The van der Waals surface area contributed by atoms with E-state index in [2.05, 4.69) is 0 Å². The highest BCUT2D eigenvalue weighted by Crippen LogP contribution is 2.07. The Morgan fingerprint density at radius 2 is 2.10 bits per heavy atom. The lowest BCUT2D eigenvalue weighted by atomic mass is 10.2. The Hall–Kier alpha value is -1.82. The van der Waals surface area contributed by atoms with Gasteiger partial charge in [-0.2, -0.15) is 0 Å². The van der Waals surface area contributed by atoms with Crippen LogP contribution in [0.2, 0.25) is 0 Å². The summed E-state index contributed by atoms with van der Waals surface area (Å²) in [5.74, 6) is -0.0665. The van der Waals surface area contributed by atoms with Gasteiger partial charge in [-0.15, -0.1) is 0 Å². The third-order valence-electron chi connectivity index (χ3n) is 3.30. The number of nitrogens with zero attached hydrogens (tertiary/aromatic N) is 2. The lowest BCUT2D eigenvalue weighted by Crippen LogP contribution is -2.41. The number of likely N-dealkylation sites (N-methyl/N-ethyl adjacent to an activating group) is 1. The molecule has 118 valence electrons. The first kappa shape index (κ1) is 17.2. The average molecular weight is 296 g/mol. The van der Waals surface area contributed by atoms with Crippen molar-refractivity contribution in [2.24, 2.45) is 0 Å². The zero-order chi connectivity index (χ0) is 15.8. The predicted molar refractivity (Wildman–Crippen MR) is 78.8 cm³/mol. The van der Waals surface area contributed by atoms with Crippen LogP contribution in [0.4, 0.5) is 0 Å². The number of aliphatic carboxylic acids is 1. The van der Waals surface area contributed by atoms with E-state index in [0.717, 1.165) is 5.76 Å². The first-order valence-corrected chi connectivity index (χ1v) is 7.12. The second-order valence-corrected chi connectivity index (χ2v) is 5.39. The van der Waals surface area contributed by atoms with Crippen molar-refractivity contribution in [1.82, 2.24) is 9.80 Å². The molecule has 1 N–H and O–H groups in total. The van der Waals surface area contributed by atoms with Crippen molar-refractivity contribution in [3.8, 4) is 0 Å². The monoisotopic (exact) mass is 296 g/mol. The Kier molecular flexibility index (Phi) is 6.94. The molecule has 0 aliphatic rings. The van der Waals surface area contributed by atoms with Crippen molar-refractivity contribution in [2.45, 2.75) is 39.3 Å². The van der Waals surface area contributed by atoms with Crippen molar-refractivity contribution >= 4 is 11.9 Å². The van der Waals surface area contributed by atoms with E-state index in [4.69, 9.17) is 9.52 Å². The molecule has 0 saturated heterocycles. The molecule has 1 rings (SSSR count). The number of carboxylic acids is 1. The van der Waals surface area contributed by atoms with Crippen LogP contribution in [0.1, 0.15) is 32.4 Å². The van der Waals surface area contributed by atoms with Gasteiger partial charge in [0.25, 0.3) is 0 Å². The molecule has 0 atom stereocenters. The smallest absolute Gasteiger partial charge is 0.303 e. The lowest BCUT2D eigenvalue weighted by Gasteiger charge is -2.27. The number of furan rings is 1. The van der Waals surface area contributed by atoms with E-state index in [1.807, 2.05) is 24.8 Å². The van der Waals surface area contributed by atoms with Crippen LogP contribution < -0.4 is 0 Å². The van der Waals surface area contributed by atoms with Crippen molar-refractivity contribution in [1.29, 1.82) is 0 Å². The maximum Gasteiger partial charge on any atom is 0.303 e. The maximum absolute atomic E-state index is 12.2. The average Bonchev–Trinajstić information content (AvgIpc) is 2.89. The minimum Gasteiger partial charge on any atom is -0.481 e. The molecule has 0 aliphatic heterocycles. The van der Waals surface area contributed by atoms with Crippen molar-refractivity contribution in [3.05, 3.63) is 24.2 Å². The van der Waals surface area contributed by atoms with E-state index >= 15 is 0 Å². The number of carboxylic acid groups (broad SMARTS) is 1. The summed E-state index contributed by atoms with van der Waals surface area (Å²) in [6, 6.07) is 3.82. The highest BCUT2D eigenvalue weighted by atomic mass is 16.4. The summed E-state index contributed by atoms with van der Waals surface area (Å²) in [5, 5.41) is 8.67. The van der Waals surface area contributed by atoms with Gasteiger partial charge >= 0.3 is 5.97 Å². The van der Waals surface area contributed by atoms with Crippen LogP contribution in [0.25, 0.3) is 0 Å². The van der Waals surface area contributed by atoms with Crippen molar-refractivity contribution in [2.75, 3.05) is 20.1 Å². The molecule has 0 unspecified atom stereocenters. The summed E-state index contributed by atoms with van der Waals surface area (Å²) in [5.41, 5.74) is 0. The van der Waals surface area contributed by atoms with E-state index in [1.165, 1.54) is 0 Å². The van der Waals surface area contributed by atoms with Gasteiger partial charge in [0, 0.05) is 19.5 Å². The number of rotatable bonds is 9. The summed E-state index contributed by atoms with van der Waals surface area (Å²) >= 11 is 0. The third-order valence-corrected chi connectivity index (χ3v) is 3.30. The first-order valence-electron chi connectivity index (χ1n) is 7.12. The molecule has 0 bridgehead atoms. The zero-order valence-corrected chi connectivity index (χ0v) is 12.9. The molecule has 0 spiro atoms. The first-order chi connectivity index (χ1) is 9.90. The molecule has 1 heterocycles. The highest BCUT2D eigenvalue weighted by molar-refractivity contribution is 5.78. The number of hydrogen-bond acceptors (Lipinski definition) is 4. The molecule has 0 saturated carbocycles. The molecule has 1 aromatic rings. The summed E-state index contributed by atoms with van der Waals surface area (Å²) in [6.07, 6.45) is 2.25. The van der Waals surface area contributed by atoms with E-state index < -0.39 is 5.97 Å². The maximum atomic E-state index is 12.2. The van der Waals surface area contributed by atoms with Gasteiger partial charge in [0.15, 0.2) is 0 Å². The molecule has 0 fully saturated rings. The van der Waals surface area contributed by atoms with Gasteiger partial charge in [-0.1, -0.05) is 0 Å².